The zero-order valence-electron chi connectivity index (χ0n) is 12.6. The lowest BCUT2D eigenvalue weighted by Crippen LogP contribution is -3.12. The number of hydrogen-bond donors (Lipinski definition) is 2. The molecule has 116 valence electrons. The summed E-state index contributed by atoms with van der Waals surface area (Å²) in [6.45, 7) is 0.617. The van der Waals surface area contributed by atoms with Crippen molar-refractivity contribution in [1.29, 1.82) is 0 Å². The molecule has 6 heteroatoms. The lowest BCUT2D eigenvalue weighted by Gasteiger charge is -2.20. The molecule has 2 N–H and O–H groups in total. The maximum Gasteiger partial charge on any atom is 0.275 e. The van der Waals surface area contributed by atoms with Gasteiger partial charge in [-0.1, -0.05) is 12.8 Å². The molecule has 3 fully saturated rings. The molecule has 3 aliphatic rings. The van der Waals surface area contributed by atoms with Crippen LogP contribution in [0.4, 0.5) is 0 Å². The molecule has 0 bridgehead atoms. The Balaban J connectivity index is 1.54. The number of fused-ring (bicyclic) bond motifs is 1. The van der Waals surface area contributed by atoms with Gasteiger partial charge in [-0.25, -0.2) is 4.90 Å². The second-order valence-corrected chi connectivity index (χ2v) is 6.74. The fourth-order valence-electron chi connectivity index (χ4n) is 3.49. The topological polar surface area (TPSA) is 70.9 Å². The third-order valence-electron chi connectivity index (χ3n) is 4.77. The number of nitrogens with one attached hydrogen (secondary N) is 2. The van der Waals surface area contributed by atoms with Crippen molar-refractivity contribution in [2.75, 3.05) is 20.3 Å². The quantitative estimate of drug-likeness (QED) is 0.633. The minimum absolute atomic E-state index is 0.00603. The molecule has 0 spiro atoms. The van der Waals surface area contributed by atoms with Gasteiger partial charge in [0.05, 0.1) is 18.9 Å². The van der Waals surface area contributed by atoms with Crippen molar-refractivity contribution in [3.05, 3.63) is 0 Å². The number of carbonyl (C=O) groups is 3. The Hall–Kier alpha value is -1.43. The Labute approximate surface area is 124 Å². The fourth-order valence-corrected chi connectivity index (χ4v) is 3.49. The monoisotopic (exact) mass is 294 g/mol. The third kappa shape index (κ3) is 3.10. The highest BCUT2D eigenvalue weighted by Gasteiger charge is 2.49. The van der Waals surface area contributed by atoms with Crippen LogP contribution in [-0.4, -0.2) is 48.9 Å². The van der Waals surface area contributed by atoms with Crippen molar-refractivity contribution >= 4 is 17.7 Å². The molecule has 0 aromatic rings. The van der Waals surface area contributed by atoms with E-state index >= 15 is 0 Å². The minimum atomic E-state index is -0.0978. The zero-order chi connectivity index (χ0) is 15.0. The molecule has 2 saturated carbocycles. The van der Waals surface area contributed by atoms with E-state index < -0.39 is 0 Å². The molecule has 1 heterocycles. The van der Waals surface area contributed by atoms with Crippen LogP contribution in [0.25, 0.3) is 0 Å². The van der Waals surface area contributed by atoms with Gasteiger partial charge in [0.25, 0.3) is 5.91 Å². The van der Waals surface area contributed by atoms with Crippen LogP contribution in [0, 0.1) is 11.8 Å². The highest BCUT2D eigenvalue weighted by Crippen LogP contribution is 2.37. The highest BCUT2D eigenvalue weighted by molar-refractivity contribution is 6.05. The number of likely N-dealkylation sites (N-methyl/N-ethyl adjacent to an activating group) is 1. The number of carbonyl (C=O) groups excluding carboxylic acids is 3. The van der Waals surface area contributed by atoms with E-state index in [0.717, 1.165) is 43.4 Å². The Morgan fingerprint density at radius 3 is 2.24 bits per heavy atom. The van der Waals surface area contributed by atoms with Gasteiger partial charge >= 0.3 is 0 Å². The van der Waals surface area contributed by atoms with E-state index in [9.17, 15) is 14.4 Å². The number of hydrogen-bond acceptors (Lipinski definition) is 3. The van der Waals surface area contributed by atoms with E-state index in [-0.39, 0.29) is 29.6 Å². The molecule has 6 nitrogen and oxygen atoms in total. The molecule has 0 radical (unpaired) electrons. The van der Waals surface area contributed by atoms with Gasteiger partial charge in [0.15, 0.2) is 13.2 Å². The second kappa shape index (κ2) is 5.75. The van der Waals surface area contributed by atoms with Gasteiger partial charge < -0.3 is 10.2 Å². The molecule has 0 aromatic heterocycles. The summed E-state index contributed by atoms with van der Waals surface area (Å²) >= 11 is 0. The normalized spacial score (nSPS) is 30.2. The van der Waals surface area contributed by atoms with Crippen molar-refractivity contribution in [3.63, 3.8) is 0 Å². The SMILES string of the molecule is C[NH+](CC(=O)NC1CC1)CN1C(=O)[C@H]2CCCC[C@H]2C1=O. The summed E-state index contributed by atoms with van der Waals surface area (Å²) in [4.78, 5) is 38.7. The second-order valence-electron chi connectivity index (χ2n) is 6.74. The molecule has 1 aliphatic heterocycles. The lowest BCUT2D eigenvalue weighted by atomic mass is 9.81. The number of imide groups is 1. The molecular weight excluding hydrogens is 270 g/mol. The van der Waals surface area contributed by atoms with Gasteiger partial charge in [0.1, 0.15) is 0 Å². The average Bonchev–Trinajstić information content (AvgIpc) is 3.23. The minimum Gasteiger partial charge on any atom is -0.348 e. The molecule has 3 amide bonds. The molecule has 1 saturated heterocycles. The van der Waals surface area contributed by atoms with Crippen LogP contribution in [0.3, 0.4) is 0 Å². The summed E-state index contributed by atoms with van der Waals surface area (Å²) in [6, 6.07) is 0.350. The van der Waals surface area contributed by atoms with Gasteiger partial charge in [0, 0.05) is 6.04 Å². The van der Waals surface area contributed by atoms with Gasteiger partial charge in [-0.05, 0) is 25.7 Å². The van der Waals surface area contributed by atoms with Crippen LogP contribution in [0.2, 0.25) is 0 Å². The first-order chi connectivity index (χ1) is 10.1. The van der Waals surface area contributed by atoms with E-state index in [2.05, 4.69) is 5.32 Å². The summed E-state index contributed by atoms with van der Waals surface area (Å²) in [6.07, 6.45) is 5.90. The van der Waals surface area contributed by atoms with Crippen LogP contribution in [-0.2, 0) is 14.4 Å². The van der Waals surface area contributed by atoms with E-state index in [1.807, 2.05) is 7.05 Å². The molecular formula is C15H24N3O3+. The maximum absolute atomic E-state index is 12.4. The van der Waals surface area contributed by atoms with Gasteiger partial charge in [0.2, 0.25) is 11.8 Å². The van der Waals surface area contributed by atoms with Crippen LogP contribution in [0.15, 0.2) is 0 Å². The highest BCUT2D eigenvalue weighted by atomic mass is 16.2. The Kier molecular flexibility index (Phi) is 3.97. The summed E-state index contributed by atoms with van der Waals surface area (Å²) in [5.41, 5.74) is 0. The number of rotatable bonds is 5. The van der Waals surface area contributed by atoms with Crippen LogP contribution < -0.4 is 10.2 Å². The van der Waals surface area contributed by atoms with Crippen molar-refractivity contribution in [1.82, 2.24) is 10.2 Å². The van der Waals surface area contributed by atoms with Crippen molar-refractivity contribution in [3.8, 4) is 0 Å². The van der Waals surface area contributed by atoms with Gasteiger partial charge in [-0.15, -0.1) is 0 Å². The van der Waals surface area contributed by atoms with Crippen molar-refractivity contribution < 1.29 is 19.3 Å². The number of nitrogens with zero attached hydrogens (tertiary/aromatic N) is 1. The maximum atomic E-state index is 12.4. The van der Waals surface area contributed by atoms with Crippen LogP contribution >= 0.6 is 0 Å². The molecule has 21 heavy (non-hydrogen) atoms. The summed E-state index contributed by atoms with van der Waals surface area (Å²) < 4.78 is 0. The van der Waals surface area contributed by atoms with E-state index in [0.29, 0.717) is 19.3 Å². The lowest BCUT2D eigenvalue weighted by molar-refractivity contribution is -0.879. The van der Waals surface area contributed by atoms with Crippen LogP contribution in [0.5, 0.6) is 0 Å². The molecule has 0 aromatic carbocycles. The standard InChI is InChI=1S/C15H23N3O3/c1-17(8-13(19)16-10-6-7-10)9-18-14(20)11-4-2-3-5-12(11)15(18)21/h10-12H,2-9H2,1H3,(H,16,19)/p+1/t11-,12+. The first-order valence-corrected chi connectivity index (χ1v) is 8.02. The molecule has 3 rings (SSSR count). The number of likely N-dealkylation sites (tertiary alicyclic amines) is 1. The zero-order valence-corrected chi connectivity index (χ0v) is 12.6. The summed E-state index contributed by atoms with van der Waals surface area (Å²) in [5.74, 6) is -0.233. The first-order valence-electron chi connectivity index (χ1n) is 8.02. The summed E-state index contributed by atoms with van der Waals surface area (Å²) in [5, 5.41) is 2.93. The van der Waals surface area contributed by atoms with Crippen LogP contribution in [0.1, 0.15) is 38.5 Å². The number of quaternary nitrogens is 1. The fraction of sp³-hybridized carbons (Fsp3) is 0.800. The molecule has 1 unspecified atom stereocenters. The largest absolute Gasteiger partial charge is 0.348 e. The molecule has 3 atom stereocenters. The predicted molar refractivity (Wildman–Crippen MR) is 75.1 cm³/mol. The van der Waals surface area contributed by atoms with E-state index in [1.165, 1.54) is 4.90 Å². The smallest absolute Gasteiger partial charge is 0.275 e. The van der Waals surface area contributed by atoms with Gasteiger partial charge in [-0.2, -0.15) is 0 Å². The Morgan fingerprint density at radius 1 is 1.14 bits per heavy atom. The Bertz CT molecular complexity index is 437. The van der Waals surface area contributed by atoms with Crippen molar-refractivity contribution in [2.45, 2.75) is 44.6 Å². The number of amides is 3. The van der Waals surface area contributed by atoms with E-state index in [1.54, 1.807) is 0 Å². The van der Waals surface area contributed by atoms with Crippen molar-refractivity contribution in [2.24, 2.45) is 11.8 Å². The van der Waals surface area contributed by atoms with E-state index in [4.69, 9.17) is 0 Å². The predicted octanol–water partition coefficient (Wildman–Crippen LogP) is -1.09. The summed E-state index contributed by atoms with van der Waals surface area (Å²) in [7, 11) is 1.86. The molecule has 2 aliphatic carbocycles. The van der Waals surface area contributed by atoms with Gasteiger partial charge in [-0.3, -0.25) is 14.4 Å². The Morgan fingerprint density at radius 2 is 1.71 bits per heavy atom. The average molecular weight is 294 g/mol. The first kappa shape index (κ1) is 14.5. The third-order valence-corrected chi connectivity index (χ3v) is 4.77.